The number of ether oxygens (including phenoxy) is 1. The molecule has 3 atom stereocenters. The largest absolute Gasteiger partial charge is 0.497 e. The standard InChI is InChI=1S/C26H35NO3/c1-17(2)4-7-20-14-26(29)24-12-19-8-9-21(30-3)13-22(19)25(26,15-23(20)28)10-11-27(24)16-18-5-6-18/h7-9,13,17-18,24,29H,4-6,10-12,14-16H2,1-3H3/t24-,25-,26-/m1/s1. The lowest BCUT2D eigenvalue weighted by Crippen LogP contribution is -2.73. The van der Waals surface area contributed by atoms with E-state index in [4.69, 9.17) is 4.74 Å². The molecule has 162 valence electrons. The number of methoxy groups -OCH3 is 1. The Hall–Kier alpha value is -1.65. The molecule has 0 aromatic heterocycles. The summed E-state index contributed by atoms with van der Waals surface area (Å²) in [7, 11) is 1.69. The van der Waals surface area contributed by atoms with Gasteiger partial charge in [0.15, 0.2) is 5.78 Å². The number of benzene rings is 1. The molecular formula is C26H35NO3. The number of ketones is 1. The van der Waals surface area contributed by atoms with E-state index in [1.807, 2.05) is 6.07 Å². The van der Waals surface area contributed by atoms with Crippen LogP contribution >= 0.6 is 0 Å². The summed E-state index contributed by atoms with van der Waals surface area (Å²) in [5.41, 5.74) is 1.91. The molecule has 1 aromatic rings. The first-order chi connectivity index (χ1) is 14.4. The minimum absolute atomic E-state index is 0.0864. The third-order valence-corrected chi connectivity index (χ3v) is 8.20. The summed E-state index contributed by atoms with van der Waals surface area (Å²) in [5.74, 6) is 2.35. The second kappa shape index (κ2) is 7.20. The number of hydrogen-bond acceptors (Lipinski definition) is 4. The molecule has 1 N–H and O–H groups in total. The number of rotatable bonds is 5. The van der Waals surface area contributed by atoms with E-state index >= 15 is 0 Å². The molecule has 0 unspecified atom stereocenters. The number of aliphatic hydroxyl groups is 1. The highest BCUT2D eigenvalue weighted by Gasteiger charge is 2.65. The number of likely N-dealkylation sites (tertiary alicyclic amines) is 1. The number of allylic oxidation sites excluding steroid dienone is 1. The zero-order chi connectivity index (χ0) is 21.1. The van der Waals surface area contributed by atoms with E-state index in [0.717, 1.165) is 55.2 Å². The second-order valence-electron chi connectivity index (χ2n) is 10.6. The first kappa shape index (κ1) is 20.3. The van der Waals surface area contributed by atoms with Crippen LogP contribution in [0.25, 0.3) is 0 Å². The van der Waals surface area contributed by atoms with Crippen molar-refractivity contribution in [3.8, 4) is 5.75 Å². The Labute approximate surface area is 180 Å². The van der Waals surface area contributed by atoms with Crippen LogP contribution in [0.3, 0.4) is 0 Å². The zero-order valence-electron chi connectivity index (χ0n) is 18.6. The van der Waals surface area contributed by atoms with Crippen molar-refractivity contribution in [1.29, 1.82) is 0 Å². The Kier molecular flexibility index (Phi) is 4.86. The van der Waals surface area contributed by atoms with Gasteiger partial charge >= 0.3 is 0 Å². The van der Waals surface area contributed by atoms with Crippen LogP contribution < -0.4 is 4.74 Å². The molecule has 0 radical (unpaired) electrons. The smallest absolute Gasteiger partial charge is 0.159 e. The van der Waals surface area contributed by atoms with Crippen LogP contribution in [0.1, 0.15) is 63.5 Å². The topological polar surface area (TPSA) is 49.8 Å². The van der Waals surface area contributed by atoms with Gasteiger partial charge < -0.3 is 9.84 Å². The van der Waals surface area contributed by atoms with Crippen LogP contribution in [0.5, 0.6) is 5.75 Å². The zero-order valence-corrected chi connectivity index (χ0v) is 18.6. The summed E-state index contributed by atoms with van der Waals surface area (Å²) < 4.78 is 5.53. The SMILES string of the molecule is COc1ccc2c(c1)[C@]13CCN(CC4CC4)[C@H](C2)[C@]1(O)CC(=CCC(C)C)C(=O)C3. The maximum atomic E-state index is 13.3. The molecule has 3 fully saturated rings. The Morgan fingerprint density at radius 1 is 1.30 bits per heavy atom. The summed E-state index contributed by atoms with van der Waals surface area (Å²) >= 11 is 0. The van der Waals surface area contributed by atoms with Gasteiger partial charge in [0.2, 0.25) is 0 Å². The van der Waals surface area contributed by atoms with Gasteiger partial charge in [0.1, 0.15) is 5.75 Å². The predicted molar refractivity (Wildman–Crippen MR) is 118 cm³/mol. The fourth-order valence-electron chi connectivity index (χ4n) is 6.32. The molecule has 1 heterocycles. The van der Waals surface area contributed by atoms with Crippen molar-refractivity contribution >= 4 is 5.78 Å². The Morgan fingerprint density at radius 3 is 2.80 bits per heavy atom. The highest BCUT2D eigenvalue weighted by atomic mass is 16.5. The number of nitrogens with zero attached hydrogens (tertiary/aromatic N) is 1. The molecule has 4 nitrogen and oxygen atoms in total. The number of piperidine rings is 1. The third-order valence-electron chi connectivity index (χ3n) is 8.20. The van der Waals surface area contributed by atoms with Crippen LogP contribution in [0.4, 0.5) is 0 Å². The average molecular weight is 410 g/mol. The molecule has 1 aliphatic heterocycles. The van der Waals surface area contributed by atoms with E-state index in [0.29, 0.717) is 18.8 Å². The fraction of sp³-hybridized carbons (Fsp3) is 0.654. The maximum absolute atomic E-state index is 13.3. The summed E-state index contributed by atoms with van der Waals surface area (Å²) in [4.78, 5) is 15.9. The molecule has 4 aliphatic rings. The van der Waals surface area contributed by atoms with Gasteiger partial charge in [-0.25, -0.2) is 0 Å². The van der Waals surface area contributed by atoms with Crippen LogP contribution in [0.2, 0.25) is 0 Å². The number of carbonyl (C=O) groups excluding carboxylic acids is 1. The second-order valence-corrected chi connectivity index (χ2v) is 10.6. The van der Waals surface area contributed by atoms with E-state index in [1.165, 1.54) is 18.4 Å². The number of hydrogen-bond donors (Lipinski definition) is 1. The molecule has 3 aliphatic carbocycles. The van der Waals surface area contributed by atoms with Crippen LogP contribution in [0, 0.1) is 11.8 Å². The van der Waals surface area contributed by atoms with E-state index in [9.17, 15) is 9.90 Å². The van der Waals surface area contributed by atoms with Gasteiger partial charge in [-0.2, -0.15) is 0 Å². The van der Waals surface area contributed by atoms with Crippen LogP contribution in [-0.4, -0.2) is 47.6 Å². The van der Waals surface area contributed by atoms with Crippen molar-refractivity contribution in [2.45, 2.75) is 75.9 Å². The number of Topliss-reactive ketones (excluding diaryl/α,β-unsaturated/α-hetero) is 1. The first-order valence-corrected chi connectivity index (χ1v) is 11.7. The summed E-state index contributed by atoms with van der Waals surface area (Å²) in [6.45, 7) is 6.41. The summed E-state index contributed by atoms with van der Waals surface area (Å²) in [6, 6.07) is 6.38. The predicted octanol–water partition coefficient (Wildman–Crippen LogP) is 4.04. The van der Waals surface area contributed by atoms with E-state index < -0.39 is 11.0 Å². The lowest BCUT2D eigenvalue weighted by atomic mass is 9.48. The molecule has 1 aromatic carbocycles. The van der Waals surface area contributed by atoms with Gasteiger partial charge in [-0.05, 0) is 79.3 Å². The minimum Gasteiger partial charge on any atom is -0.497 e. The number of carbonyl (C=O) groups is 1. The molecule has 2 bridgehead atoms. The van der Waals surface area contributed by atoms with Gasteiger partial charge in [0.25, 0.3) is 0 Å². The first-order valence-electron chi connectivity index (χ1n) is 11.7. The van der Waals surface area contributed by atoms with Crippen molar-refractivity contribution in [2.75, 3.05) is 20.2 Å². The lowest BCUT2D eigenvalue weighted by molar-refractivity contribution is -0.164. The Balaban J connectivity index is 1.61. The fourth-order valence-corrected chi connectivity index (χ4v) is 6.32. The van der Waals surface area contributed by atoms with Crippen molar-refractivity contribution in [3.05, 3.63) is 41.0 Å². The molecule has 1 saturated heterocycles. The molecule has 0 amide bonds. The Morgan fingerprint density at radius 2 is 2.10 bits per heavy atom. The summed E-state index contributed by atoms with van der Waals surface area (Å²) in [5, 5.41) is 12.5. The molecule has 2 saturated carbocycles. The molecule has 0 spiro atoms. The highest BCUT2D eigenvalue weighted by molar-refractivity contribution is 5.98. The lowest BCUT2D eigenvalue weighted by Gasteiger charge is -2.63. The van der Waals surface area contributed by atoms with Gasteiger partial charge in [0, 0.05) is 30.8 Å². The maximum Gasteiger partial charge on any atom is 0.159 e. The van der Waals surface area contributed by atoms with Crippen LogP contribution in [0.15, 0.2) is 29.8 Å². The van der Waals surface area contributed by atoms with Gasteiger partial charge in [-0.15, -0.1) is 0 Å². The van der Waals surface area contributed by atoms with Gasteiger partial charge in [-0.3, -0.25) is 9.69 Å². The average Bonchev–Trinajstić information content (AvgIpc) is 3.53. The quantitative estimate of drug-likeness (QED) is 0.746. The van der Waals surface area contributed by atoms with Crippen molar-refractivity contribution < 1.29 is 14.6 Å². The normalized spacial score (nSPS) is 34.8. The van der Waals surface area contributed by atoms with Crippen LogP contribution in [-0.2, 0) is 16.6 Å². The van der Waals surface area contributed by atoms with E-state index in [1.54, 1.807) is 7.11 Å². The van der Waals surface area contributed by atoms with Crippen molar-refractivity contribution in [2.24, 2.45) is 11.8 Å². The Bertz CT molecular complexity index is 886. The van der Waals surface area contributed by atoms with Gasteiger partial charge in [-0.1, -0.05) is 26.0 Å². The molecule has 4 heteroatoms. The van der Waals surface area contributed by atoms with E-state index in [-0.39, 0.29) is 11.8 Å². The van der Waals surface area contributed by atoms with Gasteiger partial charge in [0.05, 0.1) is 12.7 Å². The van der Waals surface area contributed by atoms with Crippen molar-refractivity contribution in [3.63, 3.8) is 0 Å². The monoisotopic (exact) mass is 409 g/mol. The number of fused-ring (bicyclic) bond motifs is 1. The summed E-state index contributed by atoms with van der Waals surface area (Å²) in [6.07, 6.45) is 8.25. The molecule has 5 rings (SSSR count). The molecular weight excluding hydrogens is 374 g/mol. The van der Waals surface area contributed by atoms with E-state index in [2.05, 4.69) is 37.0 Å². The van der Waals surface area contributed by atoms with Crippen molar-refractivity contribution in [1.82, 2.24) is 4.90 Å². The third kappa shape index (κ3) is 3.06. The minimum atomic E-state index is -0.893. The molecule has 30 heavy (non-hydrogen) atoms. The highest BCUT2D eigenvalue weighted by Crippen LogP contribution is 2.59.